The second-order valence-electron chi connectivity index (χ2n) is 5.16. The van der Waals surface area contributed by atoms with E-state index in [4.69, 9.17) is 0 Å². The summed E-state index contributed by atoms with van der Waals surface area (Å²) in [4.78, 5) is 0. The topological polar surface area (TPSA) is 0 Å². The van der Waals surface area contributed by atoms with Crippen molar-refractivity contribution in [1.82, 2.24) is 0 Å². The Hall–Kier alpha value is -0.145. The van der Waals surface area contributed by atoms with Gasteiger partial charge in [-0.1, -0.05) is 37.9 Å². The van der Waals surface area contributed by atoms with Crippen molar-refractivity contribution in [3.05, 3.63) is 0 Å². The minimum absolute atomic E-state index is 0.147. The van der Waals surface area contributed by atoms with Crippen molar-refractivity contribution in [2.45, 2.75) is 62.3 Å². The van der Waals surface area contributed by atoms with E-state index in [-0.39, 0.29) is 5.31 Å². The Morgan fingerprint density at radius 2 is 1.50 bits per heavy atom. The lowest BCUT2D eigenvalue weighted by atomic mass is 9.29. The molecule has 4 heteroatoms. The van der Waals surface area contributed by atoms with Gasteiger partial charge in [0.25, 0.3) is 0 Å². The summed E-state index contributed by atoms with van der Waals surface area (Å²) in [5.74, 6) is 0. The summed E-state index contributed by atoms with van der Waals surface area (Å²) in [7, 11) is 1.62. The molecule has 0 nitrogen and oxygen atoms in total. The van der Waals surface area contributed by atoms with Gasteiger partial charge in [-0.2, -0.15) is 13.2 Å². The first-order chi connectivity index (χ1) is 6.37. The highest BCUT2D eigenvalue weighted by molar-refractivity contribution is 6.45. The molecule has 79 valence electrons. The minimum atomic E-state index is -4.03. The number of halogens is 3. The third-order valence-electron chi connectivity index (χ3n) is 3.93. The zero-order chi connectivity index (χ0) is 10.4. The first kappa shape index (κ1) is 10.4. The van der Waals surface area contributed by atoms with E-state index in [0.29, 0.717) is 12.8 Å². The predicted molar refractivity (Wildman–Crippen MR) is 50.6 cm³/mol. The van der Waals surface area contributed by atoms with E-state index in [1.54, 1.807) is 7.28 Å². The molecule has 2 aliphatic rings. The fraction of sp³-hybridized carbons (Fsp3) is 1.00. The van der Waals surface area contributed by atoms with Crippen molar-refractivity contribution in [1.29, 1.82) is 0 Å². The van der Waals surface area contributed by atoms with Crippen LogP contribution < -0.4 is 0 Å². The van der Waals surface area contributed by atoms with E-state index in [0.717, 1.165) is 25.7 Å². The van der Waals surface area contributed by atoms with E-state index in [9.17, 15) is 13.2 Å². The van der Waals surface area contributed by atoms with Crippen LogP contribution in [0, 0.1) is 0 Å². The smallest absolute Gasteiger partial charge is 0.171 e. The number of fused-ring (bicyclic) bond motifs is 2. The van der Waals surface area contributed by atoms with E-state index in [1.807, 2.05) is 6.92 Å². The average Bonchev–Trinajstić information content (AvgIpc) is 2.00. The molecule has 0 amide bonds. The molecule has 2 heterocycles. The first-order valence-electron chi connectivity index (χ1n) is 5.31. The summed E-state index contributed by atoms with van der Waals surface area (Å²) >= 11 is 0. The van der Waals surface area contributed by atoms with Crippen LogP contribution in [0.25, 0.3) is 0 Å². The van der Waals surface area contributed by atoms with Gasteiger partial charge in [-0.25, -0.2) is 0 Å². The molecule has 0 atom stereocenters. The second kappa shape index (κ2) is 2.92. The van der Waals surface area contributed by atoms with E-state index >= 15 is 0 Å². The Morgan fingerprint density at radius 3 is 1.86 bits per heavy atom. The van der Waals surface area contributed by atoms with E-state index < -0.39 is 11.5 Å². The number of rotatable bonds is 0. The average molecular weight is 203 g/mol. The van der Waals surface area contributed by atoms with E-state index in [2.05, 4.69) is 0 Å². The number of hydrogen-bond acceptors (Lipinski definition) is 0. The van der Waals surface area contributed by atoms with Crippen LogP contribution in [0.4, 0.5) is 13.2 Å². The van der Waals surface area contributed by atoms with Gasteiger partial charge in [-0.15, -0.1) is 0 Å². The quantitative estimate of drug-likeness (QED) is 0.522. The first-order valence-corrected chi connectivity index (χ1v) is 5.31. The second-order valence-corrected chi connectivity index (χ2v) is 5.16. The van der Waals surface area contributed by atoms with Gasteiger partial charge in [0.1, 0.15) is 7.28 Å². The fourth-order valence-corrected chi connectivity index (χ4v) is 3.19. The van der Waals surface area contributed by atoms with Gasteiger partial charge in [0, 0.05) is 5.31 Å². The van der Waals surface area contributed by atoms with Crippen molar-refractivity contribution in [3.63, 3.8) is 0 Å². The summed E-state index contributed by atoms with van der Waals surface area (Å²) in [5, 5.41) is -1.59. The lowest BCUT2D eigenvalue weighted by molar-refractivity contribution is -0.175. The molecule has 2 bridgehead atoms. The lowest BCUT2D eigenvalue weighted by Gasteiger charge is -2.50. The standard InChI is InChI=1S/C10H15BF3/c1-8-4-2-6-9(11-8,7-3-5-8)10(12,13)14/h2-7H2,1H3. The van der Waals surface area contributed by atoms with E-state index in [1.165, 1.54) is 0 Å². The molecule has 2 fully saturated rings. The van der Waals surface area contributed by atoms with Crippen molar-refractivity contribution in [3.8, 4) is 0 Å². The van der Waals surface area contributed by atoms with Gasteiger partial charge < -0.3 is 0 Å². The van der Waals surface area contributed by atoms with Gasteiger partial charge in [0.2, 0.25) is 0 Å². The third-order valence-corrected chi connectivity index (χ3v) is 3.93. The van der Waals surface area contributed by atoms with Crippen molar-refractivity contribution >= 4 is 7.28 Å². The Bertz CT molecular complexity index is 224. The Balaban J connectivity index is 2.27. The fourth-order valence-electron chi connectivity index (χ4n) is 3.19. The normalized spacial score (nSPS) is 43.1. The molecule has 2 saturated heterocycles. The molecule has 14 heavy (non-hydrogen) atoms. The molecule has 0 aromatic heterocycles. The van der Waals surface area contributed by atoms with Crippen LogP contribution in [0.1, 0.15) is 45.4 Å². The molecule has 0 aromatic carbocycles. The van der Waals surface area contributed by atoms with Gasteiger partial charge in [0.15, 0.2) is 0 Å². The van der Waals surface area contributed by atoms with Gasteiger partial charge in [-0.3, -0.25) is 0 Å². The minimum Gasteiger partial charge on any atom is -0.171 e. The molecule has 1 radical (unpaired) electrons. The van der Waals surface area contributed by atoms with Crippen LogP contribution in [0.2, 0.25) is 10.6 Å². The summed E-state index contributed by atoms with van der Waals surface area (Å²) in [6.45, 7) is 1.98. The molecular weight excluding hydrogens is 188 g/mol. The molecule has 0 saturated carbocycles. The van der Waals surface area contributed by atoms with Crippen LogP contribution in [0.3, 0.4) is 0 Å². The molecule has 0 aromatic rings. The van der Waals surface area contributed by atoms with Crippen LogP contribution in [0.15, 0.2) is 0 Å². The Kier molecular flexibility index (Phi) is 2.17. The monoisotopic (exact) mass is 203 g/mol. The Labute approximate surface area is 83.5 Å². The number of alkyl halides is 3. The SMILES string of the molecule is CC12[B]C(C(F)(F)F)(CCC1)CCC2. The maximum absolute atomic E-state index is 12.9. The molecule has 2 rings (SSSR count). The van der Waals surface area contributed by atoms with Gasteiger partial charge in [-0.05, 0) is 12.8 Å². The molecule has 0 aliphatic carbocycles. The number of hydrogen-bond donors (Lipinski definition) is 0. The van der Waals surface area contributed by atoms with Gasteiger partial charge >= 0.3 is 6.18 Å². The highest BCUT2D eigenvalue weighted by atomic mass is 19.4. The van der Waals surface area contributed by atoms with Crippen LogP contribution in [-0.4, -0.2) is 13.5 Å². The zero-order valence-electron chi connectivity index (χ0n) is 8.45. The summed E-state index contributed by atoms with van der Waals surface area (Å²) in [6, 6.07) is 0. The van der Waals surface area contributed by atoms with Gasteiger partial charge in [0.05, 0.1) is 0 Å². The Morgan fingerprint density at radius 1 is 1.00 bits per heavy atom. The summed E-state index contributed by atoms with van der Waals surface area (Å²) in [5.41, 5.74) is 0. The van der Waals surface area contributed by atoms with Crippen molar-refractivity contribution in [2.24, 2.45) is 0 Å². The van der Waals surface area contributed by atoms with Crippen LogP contribution >= 0.6 is 0 Å². The third kappa shape index (κ3) is 1.47. The predicted octanol–water partition coefficient (Wildman–Crippen LogP) is 3.96. The molecular formula is C10H15BF3. The molecule has 0 spiro atoms. The molecule has 0 N–H and O–H groups in total. The molecule has 0 unspecified atom stereocenters. The maximum atomic E-state index is 12.9. The summed E-state index contributed by atoms with van der Waals surface area (Å²) < 4.78 is 38.8. The summed E-state index contributed by atoms with van der Waals surface area (Å²) in [6.07, 6.45) is -0.0814. The lowest BCUT2D eigenvalue weighted by Crippen LogP contribution is -2.46. The van der Waals surface area contributed by atoms with Crippen LogP contribution in [-0.2, 0) is 0 Å². The highest BCUT2D eigenvalue weighted by Crippen LogP contribution is 2.64. The maximum Gasteiger partial charge on any atom is 0.387 e. The molecule has 2 aliphatic heterocycles. The zero-order valence-corrected chi connectivity index (χ0v) is 8.45. The highest BCUT2D eigenvalue weighted by Gasteiger charge is 2.60. The largest absolute Gasteiger partial charge is 0.387 e. The van der Waals surface area contributed by atoms with Crippen molar-refractivity contribution in [2.75, 3.05) is 0 Å². The van der Waals surface area contributed by atoms with Crippen LogP contribution in [0.5, 0.6) is 0 Å². The van der Waals surface area contributed by atoms with Crippen molar-refractivity contribution < 1.29 is 13.2 Å².